The normalized spacial score (nSPS) is 10.8. The average molecular weight is 494 g/mol. The van der Waals surface area contributed by atoms with E-state index in [1.54, 1.807) is 0 Å². The highest BCUT2D eigenvalue weighted by Gasteiger charge is 2.14. The molecule has 2 amide bonds. The van der Waals surface area contributed by atoms with Crippen LogP contribution in [0.25, 0.3) is 22.2 Å². The standard InChI is InChI=1S/C28H23N5O2S/c1-33-26(31-32-28(33)36-18-25(34)29-21-10-3-2-4-11-21)20-14-16-22(17-15-20)30-27(35)24-13-7-9-19-8-5-6-12-23(19)24/h2-17H,18H2,1H3,(H,29,34)(H,30,35). The number of carbonyl (C=O) groups is 2. The molecule has 0 bridgehead atoms. The summed E-state index contributed by atoms with van der Waals surface area (Å²) < 4.78 is 1.85. The Morgan fingerprint density at radius 1 is 0.778 bits per heavy atom. The summed E-state index contributed by atoms with van der Waals surface area (Å²) in [6, 6.07) is 30.3. The second-order valence-electron chi connectivity index (χ2n) is 8.13. The zero-order valence-electron chi connectivity index (χ0n) is 19.5. The molecule has 5 aromatic rings. The first-order valence-electron chi connectivity index (χ1n) is 11.3. The fourth-order valence-electron chi connectivity index (χ4n) is 3.87. The molecule has 0 aliphatic heterocycles. The van der Waals surface area contributed by atoms with Crippen LogP contribution in [0.5, 0.6) is 0 Å². The Balaban J connectivity index is 1.23. The van der Waals surface area contributed by atoms with E-state index in [2.05, 4.69) is 20.8 Å². The number of thioether (sulfide) groups is 1. The molecule has 0 unspecified atom stereocenters. The van der Waals surface area contributed by atoms with Crippen LogP contribution >= 0.6 is 11.8 Å². The minimum atomic E-state index is -0.161. The van der Waals surface area contributed by atoms with E-state index in [0.29, 0.717) is 22.2 Å². The van der Waals surface area contributed by atoms with Gasteiger partial charge in [-0.05, 0) is 53.2 Å². The molecule has 1 aromatic heterocycles. The molecule has 36 heavy (non-hydrogen) atoms. The van der Waals surface area contributed by atoms with Crippen LogP contribution in [0.3, 0.4) is 0 Å². The highest BCUT2D eigenvalue weighted by Crippen LogP contribution is 2.25. The molecule has 0 aliphatic rings. The molecule has 2 N–H and O–H groups in total. The van der Waals surface area contributed by atoms with Gasteiger partial charge in [0, 0.05) is 29.5 Å². The third-order valence-corrected chi connectivity index (χ3v) is 6.68. The van der Waals surface area contributed by atoms with Gasteiger partial charge in [0.15, 0.2) is 11.0 Å². The van der Waals surface area contributed by atoms with Gasteiger partial charge in [0.2, 0.25) is 5.91 Å². The molecule has 0 atom stereocenters. The van der Waals surface area contributed by atoms with Crippen molar-refractivity contribution < 1.29 is 9.59 Å². The molecule has 0 spiro atoms. The Bertz CT molecular complexity index is 1530. The Morgan fingerprint density at radius 2 is 1.47 bits per heavy atom. The van der Waals surface area contributed by atoms with Gasteiger partial charge < -0.3 is 15.2 Å². The third kappa shape index (κ3) is 5.13. The van der Waals surface area contributed by atoms with Crippen molar-refractivity contribution in [3.05, 3.63) is 103 Å². The highest BCUT2D eigenvalue weighted by molar-refractivity contribution is 7.99. The lowest BCUT2D eigenvalue weighted by Crippen LogP contribution is -2.14. The number of rotatable bonds is 7. The molecule has 0 fully saturated rings. The Hall–Kier alpha value is -4.43. The molecule has 7 nitrogen and oxygen atoms in total. The number of hydrogen-bond acceptors (Lipinski definition) is 5. The van der Waals surface area contributed by atoms with Crippen molar-refractivity contribution in [3.63, 3.8) is 0 Å². The maximum Gasteiger partial charge on any atom is 0.256 e. The van der Waals surface area contributed by atoms with Gasteiger partial charge in [-0.3, -0.25) is 9.59 Å². The van der Waals surface area contributed by atoms with Crippen LogP contribution in [-0.4, -0.2) is 32.3 Å². The smallest absolute Gasteiger partial charge is 0.256 e. The zero-order valence-corrected chi connectivity index (χ0v) is 20.3. The van der Waals surface area contributed by atoms with E-state index >= 15 is 0 Å². The maximum atomic E-state index is 12.9. The van der Waals surface area contributed by atoms with Crippen molar-refractivity contribution in [1.82, 2.24) is 14.8 Å². The van der Waals surface area contributed by atoms with Crippen LogP contribution in [0.2, 0.25) is 0 Å². The summed E-state index contributed by atoms with van der Waals surface area (Å²) in [5, 5.41) is 16.9. The first kappa shape index (κ1) is 23.3. The van der Waals surface area contributed by atoms with Crippen molar-refractivity contribution in [1.29, 1.82) is 0 Å². The van der Waals surface area contributed by atoms with Gasteiger partial charge in [0.05, 0.1) is 5.75 Å². The van der Waals surface area contributed by atoms with Gasteiger partial charge in [-0.15, -0.1) is 10.2 Å². The SMILES string of the molecule is Cn1c(SCC(=O)Nc2ccccc2)nnc1-c1ccc(NC(=O)c2cccc3ccccc23)cc1. The summed E-state index contributed by atoms with van der Waals surface area (Å²) in [4.78, 5) is 25.2. The van der Waals surface area contributed by atoms with Crippen LogP contribution in [0.15, 0.2) is 102 Å². The van der Waals surface area contributed by atoms with Crippen molar-refractivity contribution in [3.8, 4) is 11.4 Å². The number of nitrogens with zero attached hydrogens (tertiary/aromatic N) is 3. The number of fused-ring (bicyclic) bond motifs is 1. The Kier molecular flexibility index (Phi) is 6.77. The minimum absolute atomic E-state index is 0.109. The van der Waals surface area contributed by atoms with Crippen molar-refractivity contribution >= 4 is 45.7 Å². The Morgan fingerprint density at radius 3 is 2.28 bits per heavy atom. The summed E-state index contributed by atoms with van der Waals surface area (Å²) >= 11 is 1.32. The number of nitrogens with one attached hydrogen (secondary N) is 2. The second kappa shape index (κ2) is 10.5. The predicted molar refractivity (Wildman–Crippen MR) is 144 cm³/mol. The van der Waals surface area contributed by atoms with E-state index in [4.69, 9.17) is 0 Å². The van der Waals surface area contributed by atoms with Crippen LogP contribution in [-0.2, 0) is 11.8 Å². The number of amides is 2. The summed E-state index contributed by atoms with van der Waals surface area (Å²) in [6.45, 7) is 0. The first-order chi connectivity index (χ1) is 17.6. The summed E-state index contributed by atoms with van der Waals surface area (Å²) in [5.41, 5.74) is 2.93. The van der Waals surface area contributed by atoms with Gasteiger partial charge in [-0.25, -0.2) is 0 Å². The van der Waals surface area contributed by atoms with E-state index in [-0.39, 0.29) is 17.6 Å². The second-order valence-corrected chi connectivity index (χ2v) is 9.07. The van der Waals surface area contributed by atoms with Gasteiger partial charge >= 0.3 is 0 Å². The summed E-state index contributed by atoms with van der Waals surface area (Å²) in [6.07, 6.45) is 0. The van der Waals surface area contributed by atoms with Gasteiger partial charge in [-0.1, -0.05) is 66.4 Å². The maximum absolute atomic E-state index is 12.9. The number of para-hydroxylation sites is 1. The predicted octanol–water partition coefficient (Wildman–Crippen LogP) is 5.62. The van der Waals surface area contributed by atoms with Crippen molar-refractivity contribution in [2.75, 3.05) is 16.4 Å². The number of anilines is 2. The van der Waals surface area contributed by atoms with E-state index in [1.807, 2.05) is 109 Å². The highest BCUT2D eigenvalue weighted by atomic mass is 32.2. The first-order valence-corrected chi connectivity index (χ1v) is 12.3. The Labute approximate surface area is 212 Å². The van der Waals surface area contributed by atoms with E-state index in [9.17, 15) is 9.59 Å². The molecule has 5 rings (SSSR count). The van der Waals surface area contributed by atoms with Gasteiger partial charge in [0.1, 0.15) is 0 Å². The number of hydrogen-bond donors (Lipinski definition) is 2. The van der Waals surface area contributed by atoms with E-state index in [0.717, 1.165) is 22.0 Å². The summed E-state index contributed by atoms with van der Waals surface area (Å²) in [5.74, 6) is 0.626. The molecule has 0 aliphatic carbocycles. The fourth-order valence-corrected chi connectivity index (χ4v) is 4.58. The van der Waals surface area contributed by atoms with Gasteiger partial charge in [0.25, 0.3) is 5.91 Å². The third-order valence-electron chi connectivity index (χ3n) is 5.66. The van der Waals surface area contributed by atoms with Crippen LogP contribution in [0.4, 0.5) is 11.4 Å². The van der Waals surface area contributed by atoms with Crippen molar-refractivity contribution in [2.45, 2.75) is 5.16 Å². The number of benzene rings is 4. The fraction of sp³-hybridized carbons (Fsp3) is 0.0714. The van der Waals surface area contributed by atoms with E-state index in [1.165, 1.54) is 11.8 Å². The number of aromatic nitrogens is 3. The van der Waals surface area contributed by atoms with Crippen LogP contribution in [0, 0.1) is 0 Å². The minimum Gasteiger partial charge on any atom is -0.325 e. The molecule has 0 radical (unpaired) electrons. The largest absolute Gasteiger partial charge is 0.325 e. The quantitative estimate of drug-likeness (QED) is 0.287. The summed E-state index contributed by atoms with van der Waals surface area (Å²) in [7, 11) is 1.86. The van der Waals surface area contributed by atoms with E-state index < -0.39 is 0 Å². The molecule has 178 valence electrons. The molecular weight excluding hydrogens is 470 g/mol. The molecule has 0 saturated carbocycles. The average Bonchev–Trinajstić information content (AvgIpc) is 3.28. The zero-order chi connectivity index (χ0) is 24.9. The number of carbonyl (C=O) groups excluding carboxylic acids is 2. The van der Waals surface area contributed by atoms with Crippen LogP contribution < -0.4 is 10.6 Å². The molecule has 0 saturated heterocycles. The topological polar surface area (TPSA) is 88.9 Å². The van der Waals surface area contributed by atoms with Crippen LogP contribution in [0.1, 0.15) is 10.4 Å². The molecular formula is C28H23N5O2S. The monoisotopic (exact) mass is 493 g/mol. The lowest BCUT2D eigenvalue weighted by molar-refractivity contribution is -0.113. The molecule has 4 aromatic carbocycles. The lowest BCUT2D eigenvalue weighted by Gasteiger charge is -2.09. The molecule has 8 heteroatoms. The lowest BCUT2D eigenvalue weighted by atomic mass is 10.0. The van der Waals surface area contributed by atoms with Gasteiger partial charge in [-0.2, -0.15) is 0 Å². The van der Waals surface area contributed by atoms with Crippen molar-refractivity contribution in [2.24, 2.45) is 7.05 Å². The molecule has 1 heterocycles.